The van der Waals surface area contributed by atoms with E-state index in [-0.39, 0.29) is 16.8 Å². The zero-order chi connectivity index (χ0) is 15.6. The number of hydrogen-bond donors (Lipinski definition) is 0. The molecular formula is C14H9Cl2NO4. The largest absolute Gasteiger partial charge is 0.465 e. The van der Waals surface area contributed by atoms with Crippen molar-refractivity contribution in [3.8, 4) is 11.1 Å². The number of nitrogens with zero attached hydrogens (tertiary/aromatic N) is 1. The van der Waals surface area contributed by atoms with E-state index < -0.39 is 10.9 Å². The van der Waals surface area contributed by atoms with Crippen molar-refractivity contribution in [2.45, 2.75) is 0 Å². The summed E-state index contributed by atoms with van der Waals surface area (Å²) >= 11 is 12.0. The summed E-state index contributed by atoms with van der Waals surface area (Å²) in [7, 11) is 1.20. The van der Waals surface area contributed by atoms with Gasteiger partial charge in [0.2, 0.25) is 0 Å². The lowest BCUT2D eigenvalue weighted by Gasteiger charge is -2.07. The monoisotopic (exact) mass is 325 g/mol. The quantitative estimate of drug-likeness (QED) is 0.477. The maximum atomic E-state index is 11.5. The van der Waals surface area contributed by atoms with Crippen LogP contribution in [0.25, 0.3) is 11.1 Å². The van der Waals surface area contributed by atoms with Crippen LogP contribution in [0.1, 0.15) is 10.4 Å². The summed E-state index contributed by atoms with van der Waals surface area (Å²) in [6.07, 6.45) is 0. The van der Waals surface area contributed by atoms with Gasteiger partial charge in [0.1, 0.15) is 0 Å². The Hall–Kier alpha value is -2.11. The van der Waals surface area contributed by atoms with Crippen molar-refractivity contribution in [2.75, 3.05) is 7.11 Å². The Morgan fingerprint density at radius 3 is 2.48 bits per heavy atom. The topological polar surface area (TPSA) is 69.4 Å². The van der Waals surface area contributed by atoms with E-state index in [1.807, 2.05) is 0 Å². The van der Waals surface area contributed by atoms with E-state index in [1.54, 1.807) is 12.1 Å². The van der Waals surface area contributed by atoms with Gasteiger partial charge in [-0.1, -0.05) is 23.2 Å². The van der Waals surface area contributed by atoms with Crippen LogP contribution in [0.5, 0.6) is 0 Å². The fourth-order valence-electron chi connectivity index (χ4n) is 1.86. The smallest absolute Gasteiger partial charge is 0.338 e. The molecule has 0 aliphatic rings. The number of nitro benzene ring substituents is 1. The molecular weight excluding hydrogens is 317 g/mol. The Bertz CT molecular complexity index is 731. The van der Waals surface area contributed by atoms with Gasteiger partial charge in [0.25, 0.3) is 5.69 Å². The Kier molecular flexibility index (Phi) is 4.45. The first-order valence-corrected chi connectivity index (χ1v) is 6.52. The average molecular weight is 326 g/mol. The highest BCUT2D eigenvalue weighted by Gasteiger charge is 2.20. The van der Waals surface area contributed by atoms with Crippen LogP contribution >= 0.6 is 23.2 Å². The summed E-state index contributed by atoms with van der Waals surface area (Å²) < 4.78 is 4.55. The molecule has 108 valence electrons. The summed E-state index contributed by atoms with van der Waals surface area (Å²) in [5.74, 6) is -0.651. The molecule has 0 spiro atoms. The van der Waals surface area contributed by atoms with E-state index in [0.717, 1.165) is 6.07 Å². The first-order chi connectivity index (χ1) is 9.93. The van der Waals surface area contributed by atoms with E-state index in [9.17, 15) is 14.9 Å². The lowest BCUT2D eigenvalue weighted by atomic mass is 10.0. The molecule has 0 aromatic heterocycles. The Morgan fingerprint density at radius 1 is 1.14 bits per heavy atom. The zero-order valence-electron chi connectivity index (χ0n) is 10.8. The number of nitro groups is 1. The molecule has 21 heavy (non-hydrogen) atoms. The molecule has 7 heteroatoms. The number of ether oxygens (including phenoxy) is 1. The highest BCUT2D eigenvalue weighted by Crippen LogP contribution is 2.36. The molecule has 0 aliphatic carbocycles. The van der Waals surface area contributed by atoms with Gasteiger partial charge in [-0.05, 0) is 30.3 Å². The molecule has 5 nitrogen and oxygen atoms in total. The summed E-state index contributed by atoms with van der Waals surface area (Å²) in [6, 6.07) is 8.70. The molecule has 0 saturated heterocycles. The van der Waals surface area contributed by atoms with Gasteiger partial charge in [0.05, 0.1) is 23.2 Å². The van der Waals surface area contributed by atoms with Crippen molar-refractivity contribution >= 4 is 34.9 Å². The summed E-state index contributed by atoms with van der Waals surface area (Å²) in [5.41, 5.74) is 0.542. The van der Waals surface area contributed by atoms with Gasteiger partial charge < -0.3 is 4.74 Å². The molecule has 0 fully saturated rings. The number of carbonyl (C=O) groups excluding carboxylic acids is 1. The van der Waals surface area contributed by atoms with Gasteiger partial charge >= 0.3 is 5.97 Å². The Labute approximate surface area is 130 Å². The molecule has 0 unspecified atom stereocenters. The predicted molar refractivity (Wildman–Crippen MR) is 79.9 cm³/mol. The van der Waals surface area contributed by atoms with Gasteiger partial charge in [-0.25, -0.2) is 4.79 Å². The predicted octanol–water partition coefficient (Wildman–Crippen LogP) is 4.36. The van der Waals surface area contributed by atoms with Crippen LogP contribution in [0.15, 0.2) is 36.4 Å². The van der Waals surface area contributed by atoms with Crippen LogP contribution in [0.4, 0.5) is 5.69 Å². The van der Waals surface area contributed by atoms with E-state index in [4.69, 9.17) is 23.2 Å². The lowest BCUT2D eigenvalue weighted by molar-refractivity contribution is -0.384. The van der Waals surface area contributed by atoms with E-state index in [1.165, 1.54) is 25.3 Å². The maximum absolute atomic E-state index is 11.5. The van der Waals surface area contributed by atoms with Crippen LogP contribution < -0.4 is 0 Å². The summed E-state index contributed by atoms with van der Waals surface area (Å²) in [6.45, 7) is 0. The van der Waals surface area contributed by atoms with Crippen LogP contribution in [-0.4, -0.2) is 18.0 Å². The number of carbonyl (C=O) groups is 1. The standard InChI is InChI=1S/C14H9Cl2NO4/c1-21-14(18)8-2-4-10(13(6-8)17(19)20)11-7-9(15)3-5-12(11)16/h2-7H,1H3. The summed E-state index contributed by atoms with van der Waals surface area (Å²) in [5, 5.41) is 12.0. The number of esters is 1. The van der Waals surface area contributed by atoms with Crippen LogP contribution in [-0.2, 0) is 4.74 Å². The molecule has 0 N–H and O–H groups in total. The molecule has 0 radical (unpaired) electrons. The average Bonchev–Trinajstić information content (AvgIpc) is 2.48. The Morgan fingerprint density at radius 2 is 1.86 bits per heavy atom. The van der Waals surface area contributed by atoms with Gasteiger partial charge in [-0.15, -0.1) is 0 Å². The summed E-state index contributed by atoms with van der Waals surface area (Å²) in [4.78, 5) is 22.1. The minimum atomic E-state index is -0.651. The number of hydrogen-bond acceptors (Lipinski definition) is 4. The Balaban J connectivity index is 2.66. The second kappa shape index (κ2) is 6.11. The second-order valence-electron chi connectivity index (χ2n) is 4.10. The number of methoxy groups -OCH3 is 1. The molecule has 2 rings (SSSR count). The van der Waals surface area contributed by atoms with E-state index in [0.29, 0.717) is 15.6 Å². The minimum Gasteiger partial charge on any atom is -0.465 e. The van der Waals surface area contributed by atoms with Gasteiger partial charge in [0.15, 0.2) is 0 Å². The van der Waals surface area contributed by atoms with Crippen LogP contribution in [0, 0.1) is 10.1 Å². The molecule has 2 aromatic carbocycles. The SMILES string of the molecule is COC(=O)c1ccc(-c2cc(Cl)ccc2Cl)c([N+](=O)[O-])c1. The molecule has 0 atom stereocenters. The van der Waals surface area contributed by atoms with Gasteiger partial charge in [0, 0.05) is 21.7 Å². The third-order valence-corrected chi connectivity index (χ3v) is 3.40. The van der Waals surface area contributed by atoms with Crippen molar-refractivity contribution in [3.05, 3.63) is 62.1 Å². The van der Waals surface area contributed by atoms with Gasteiger partial charge in [-0.3, -0.25) is 10.1 Å². The van der Waals surface area contributed by atoms with Crippen LogP contribution in [0.2, 0.25) is 10.0 Å². The van der Waals surface area contributed by atoms with Gasteiger partial charge in [-0.2, -0.15) is 0 Å². The lowest BCUT2D eigenvalue weighted by Crippen LogP contribution is -2.03. The minimum absolute atomic E-state index is 0.0890. The van der Waals surface area contributed by atoms with Crippen LogP contribution in [0.3, 0.4) is 0 Å². The molecule has 0 heterocycles. The first kappa shape index (κ1) is 15.3. The van der Waals surface area contributed by atoms with E-state index in [2.05, 4.69) is 4.74 Å². The molecule has 0 amide bonds. The zero-order valence-corrected chi connectivity index (χ0v) is 12.3. The molecule has 2 aromatic rings. The fraction of sp³-hybridized carbons (Fsp3) is 0.0714. The third kappa shape index (κ3) is 3.15. The van der Waals surface area contributed by atoms with Crippen molar-refractivity contribution in [1.29, 1.82) is 0 Å². The van der Waals surface area contributed by atoms with Crippen molar-refractivity contribution in [3.63, 3.8) is 0 Å². The highest BCUT2D eigenvalue weighted by atomic mass is 35.5. The number of benzene rings is 2. The van der Waals surface area contributed by atoms with E-state index >= 15 is 0 Å². The second-order valence-corrected chi connectivity index (χ2v) is 4.95. The molecule has 0 saturated carbocycles. The van der Waals surface area contributed by atoms with Crippen molar-refractivity contribution in [2.24, 2.45) is 0 Å². The highest BCUT2D eigenvalue weighted by molar-refractivity contribution is 6.35. The molecule has 0 bridgehead atoms. The van der Waals surface area contributed by atoms with Crippen molar-refractivity contribution < 1.29 is 14.5 Å². The maximum Gasteiger partial charge on any atom is 0.338 e. The van der Waals surface area contributed by atoms with Crippen molar-refractivity contribution in [1.82, 2.24) is 0 Å². The fourth-order valence-corrected chi connectivity index (χ4v) is 2.25. The number of rotatable bonds is 3. The third-order valence-electron chi connectivity index (χ3n) is 2.83. The molecule has 0 aliphatic heterocycles. The first-order valence-electron chi connectivity index (χ1n) is 5.76. The normalized spacial score (nSPS) is 10.2. The number of halogens is 2.